The number of aryl methyl sites for hydroxylation is 2. The standard InChI is InChI=1S/C15H21N5O/c1-3-12-6-4-5-11(2)15(12)17-14(21)10-20-9-13(7-8-16)18-19-20/h4-6,9H,3,7-8,10,16H2,1-2H3,(H,17,21). The second kappa shape index (κ2) is 6.99. The lowest BCUT2D eigenvalue weighted by molar-refractivity contribution is -0.116. The molecule has 2 rings (SSSR count). The average Bonchev–Trinajstić information content (AvgIpc) is 2.88. The van der Waals surface area contributed by atoms with E-state index in [0.717, 1.165) is 28.9 Å². The zero-order valence-electron chi connectivity index (χ0n) is 12.5. The molecule has 3 N–H and O–H groups in total. The molecule has 0 fully saturated rings. The van der Waals surface area contributed by atoms with Crippen LogP contribution < -0.4 is 11.1 Å². The Kier molecular flexibility index (Phi) is 5.05. The van der Waals surface area contributed by atoms with Gasteiger partial charge in [0.25, 0.3) is 0 Å². The lowest BCUT2D eigenvalue weighted by atomic mass is 10.1. The third kappa shape index (κ3) is 3.88. The molecule has 1 amide bonds. The fourth-order valence-corrected chi connectivity index (χ4v) is 2.21. The molecule has 0 atom stereocenters. The molecule has 1 aromatic heterocycles. The summed E-state index contributed by atoms with van der Waals surface area (Å²) in [4.78, 5) is 12.1. The van der Waals surface area contributed by atoms with E-state index in [-0.39, 0.29) is 12.5 Å². The summed E-state index contributed by atoms with van der Waals surface area (Å²) in [6.07, 6.45) is 3.30. The van der Waals surface area contributed by atoms with Crippen LogP contribution in [-0.2, 0) is 24.2 Å². The predicted octanol–water partition coefficient (Wildman–Crippen LogP) is 1.29. The van der Waals surface area contributed by atoms with E-state index in [1.807, 2.05) is 25.1 Å². The SMILES string of the molecule is CCc1cccc(C)c1NC(=O)Cn1cc(CCN)nn1. The normalized spacial score (nSPS) is 10.6. The van der Waals surface area contributed by atoms with Gasteiger partial charge in [0, 0.05) is 18.3 Å². The highest BCUT2D eigenvalue weighted by molar-refractivity contribution is 5.92. The summed E-state index contributed by atoms with van der Waals surface area (Å²) in [7, 11) is 0. The first-order valence-electron chi connectivity index (χ1n) is 7.11. The number of amides is 1. The van der Waals surface area contributed by atoms with Gasteiger partial charge in [0.15, 0.2) is 0 Å². The highest BCUT2D eigenvalue weighted by Gasteiger charge is 2.10. The van der Waals surface area contributed by atoms with Crippen LogP contribution >= 0.6 is 0 Å². The van der Waals surface area contributed by atoms with Gasteiger partial charge in [-0.15, -0.1) is 5.10 Å². The lowest BCUT2D eigenvalue weighted by Crippen LogP contribution is -2.20. The Hall–Kier alpha value is -2.21. The first-order valence-corrected chi connectivity index (χ1v) is 7.11. The number of nitrogens with one attached hydrogen (secondary N) is 1. The molecule has 0 spiro atoms. The Morgan fingerprint density at radius 3 is 2.95 bits per heavy atom. The summed E-state index contributed by atoms with van der Waals surface area (Å²) in [5, 5.41) is 10.9. The second-order valence-electron chi connectivity index (χ2n) is 4.96. The predicted molar refractivity (Wildman–Crippen MR) is 82.0 cm³/mol. The van der Waals surface area contributed by atoms with E-state index in [4.69, 9.17) is 5.73 Å². The molecule has 21 heavy (non-hydrogen) atoms. The maximum Gasteiger partial charge on any atom is 0.246 e. The van der Waals surface area contributed by atoms with Crippen molar-refractivity contribution in [3.63, 3.8) is 0 Å². The number of benzene rings is 1. The Balaban J connectivity index is 2.04. The van der Waals surface area contributed by atoms with Gasteiger partial charge in [-0.05, 0) is 31.0 Å². The zero-order chi connectivity index (χ0) is 15.2. The molecule has 1 heterocycles. The monoisotopic (exact) mass is 287 g/mol. The summed E-state index contributed by atoms with van der Waals surface area (Å²) >= 11 is 0. The molecule has 0 aliphatic heterocycles. The molecular weight excluding hydrogens is 266 g/mol. The van der Waals surface area contributed by atoms with E-state index in [1.54, 1.807) is 6.20 Å². The van der Waals surface area contributed by atoms with Gasteiger partial charge in [-0.2, -0.15) is 0 Å². The van der Waals surface area contributed by atoms with Crippen molar-refractivity contribution in [3.8, 4) is 0 Å². The smallest absolute Gasteiger partial charge is 0.246 e. The molecule has 0 saturated heterocycles. The molecule has 0 unspecified atom stereocenters. The highest BCUT2D eigenvalue weighted by atomic mass is 16.2. The van der Waals surface area contributed by atoms with Crippen molar-refractivity contribution < 1.29 is 4.79 Å². The van der Waals surface area contributed by atoms with Crippen molar-refractivity contribution >= 4 is 11.6 Å². The molecular formula is C15H21N5O. The molecule has 6 heteroatoms. The van der Waals surface area contributed by atoms with Crippen LogP contribution in [0.1, 0.15) is 23.7 Å². The van der Waals surface area contributed by atoms with Crippen molar-refractivity contribution in [1.82, 2.24) is 15.0 Å². The number of hydrogen-bond donors (Lipinski definition) is 2. The number of para-hydroxylation sites is 1. The number of carbonyl (C=O) groups is 1. The van der Waals surface area contributed by atoms with Gasteiger partial charge >= 0.3 is 0 Å². The van der Waals surface area contributed by atoms with Crippen LogP contribution in [0, 0.1) is 6.92 Å². The summed E-state index contributed by atoms with van der Waals surface area (Å²) in [6, 6.07) is 6.02. The summed E-state index contributed by atoms with van der Waals surface area (Å²) in [5.41, 5.74) is 9.35. The Labute approximate surface area is 124 Å². The van der Waals surface area contributed by atoms with Crippen LogP contribution in [0.15, 0.2) is 24.4 Å². The number of nitrogens with zero attached hydrogens (tertiary/aromatic N) is 3. The van der Waals surface area contributed by atoms with Crippen molar-refractivity contribution in [2.24, 2.45) is 5.73 Å². The summed E-state index contributed by atoms with van der Waals surface area (Å²) in [5.74, 6) is -0.108. The van der Waals surface area contributed by atoms with Crippen LogP contribution in [-0.4, -0.2) is 27.4 Å². The van der Waals surface area contributed by atoms with Gasteiger partial charge in [0.1, 0.15) is 6.54 Å². The fraction of sp³-hybridized carbons (Fsp3) is 0.400. The maximum absolute atomic E-state index is 12.1. The highest BCUT2D eigenvalue weighted by Crippen LogP contribution is 2.20. The molecule has 0 aliphatic carbocycles. The Morgan fingerprint density at radius 2 is 2.24 bits per heavy atom. The van der Waals surface area contributed by atoms with Crippen LogP contribution in [0.2, 0.25) is 0 Å². The van der Waals surface area contributed by atoms with E-state index in [1.165, 1.54) is 4.68 Å². The number of aromatic nitrogens is 3. The first kappa shape index (κ1) is 15.2. The molecule has 112 valence electrons. The van der Waals surface area contributed by atoms with Gasteiger partial charge in [0.05, 0.1) is 5.69 Å². The van der Waals surface area contributed by atoms with Crippen molar-refractivity contribution in [2.75, 3.05) is 11.9 Å². The minimum atomic E-state index is -0.108. The van der Waals surface area contributed by atoms with Crippen molar-refractivity contribution in [2.45, 2.75) is 33.2 Å². The molecule has 0 radical (unpaired) electrons. The molecule has 0 bridgehead atoms. The Morgan fingerprint density at radius 1 is 1.43 bits per heavy atom. The number of carbonyl (C=O) groups excluding carboxylic acids is 1. The molecule has 0 saturated carbocycles. The summed E-state index contributed by atoms with van der Waals surface area (Å²) < 4.78 is 1.53. The average molecular weight is 287 g/mol. The minimum Gasteiger partial charge on any atom is -0.330 e. The lowest BCUT2D eigenvalue weighted by Gasteiger charge is -2.12. The van der Waals surface area contributed by atoms with Gasteiger partial charge in [-0.25, -0.2) is 4.68 Å². The zero-order valence-corrected chi connectivity index (χ0v) is 12.5. The van der Waals surface area contributed by atoms with Gasteiger partial charge in [-0.3, -0.25) is 4.79 Å². The number of anilines is 1. The second-order valence-corrected chi connectivity index (χ2v) is 4.96. The van der Waals surface area contributed by atoms with Crippen LogP contribution in [0.5, 0.6) is 0 Å². The number of rotatable bonds is 6. The van der Waals surface area contributed by atoms with Crippen LogP contribution in [0.4, 0.5) is 5.69 Å². The van der Waals surface area contributed by atoms with E-state index in [9.17, 15) is 4.79 Å². The van der Waals surface area contributed by atoms with Crippen LogP contribution in [0.25, 0.3) is 0 Å². The van der Waals surface area contributed by atoms with E-state index >= 15 is 0 Å². The van der Waals surface area contributed by atoms with E-state index in [2.05, 4.69) is 22.6 Å². The maximum atomic E-state index is 12.1. The van der Waals surface area contributed by atoms with E-state index in [0.29, 0.717) is 13.0 Å². The van der Waals surface area contributed by atoms with E-state index < -0.39 is 0 Å². The molecule has 0 aliphatic rings. The largest absolute Gasteiger partial charge is 0.330 e. The molecule has 2 aromatic rings. The minimum absolute atomic E-state index is 0.108. The van der Waals surface area contributed by atoms with Gasteiger partial charge < -0.3 is 11.1 Å². The topological polar surface area (TPSA) is 85.8 Å². The number of nitrogens with two attached hydrogens (primary N) is 1. The summed E-state index contributed by atoms with van der Waals surface area (Å²) in [6.45, 7) is 4.73. The fourth-order valence-electron chi connectivity index (χ4n) is 2.21. The molecule has 1 aromatic carbocycles. The first-order chi connectivity index (χ1) is 10.1. The Bertz CT molecular complexity index is 620. The quantitative estimate of drug-likeness (QED) is 0.838. The van der Waals surface area contributed by atoms with Crippen molar-refractivity contribution in [1.29, 1.82) is 0 Å². The third-order valence-electron chi connectivity index (χ3n) is 3.30. The third-order valence-corrected chi connectivity index (χ3v) is 3.30. The van der Waals surface area contributed by atoms with Gasteiger partial charge in [-0.1, -0.05) is 30.3 Å². The van der Waals surface area contributed by atoms with Gasteiger partial charge in [0.2, 0.25) is 5.91 Å². The van der Waals surface area contributed by atoms with Crippen LogP contribution in [0.3, 0.4) is 0 Å². The number of hydrogen-bond acceptors (Lipinski definition) is 4. The van der Waals surface area contributed by atoms with Crippen molar-refractivity contribution in [3.05, 3.63) is 41.2 Å². The molecule has 6 nitrogen and oxygen atoms in total.